The molecule has 124 valence electrons. The van der Waals surface area contributed by atoms with Crippen molar-refractivity contribution in [2.24, 2.45) is 0 Å². The standard InChI is InChI=1S/C19H15N3O2S/c23-19(20-12-15-4-3-11-25-15)21-14-9-7-13(8-10-14)18-22-16-5-1-2-6-17(16)24-18/h1-11H,12H2,(H2,20,21,23). The average Bonchev–Trinajstić information content (AvgIpc) is 3.30. The van der Waals surface area contributed by atoms with Crippen molar-refractivity contribution in [3.8, 4) is 11.5 Å². The number of nitrogens with zero attached hydrogens (tertiary/aromatic N) is 1. The van der Waals surface area contributed by atoms with Crippen LogP contribution >= 0.6 is 11.3 Å². The minimum Gasteiger partial charge on any atom is -0.436 e. The summed E-state index contributed by atoms with van der Waals surface area (Å²) in [7, 11) is 0. The van der Waals surface area contributed by atoms with E-state index in [9.17, 15) is 4.79 Å². The molecular formula is C19H15N3O2S. The van der Waals surface area contributed by atoms with Gasteiger partial charge in [-0.1, -0.05) is 18.2 Å². The summed E-state index contributed by atoms with van der Waals surface area (Å²) >= 11 is 1.61. The molecule has 0 aliphatic heterocycles. The van der Waals surface area contributed by atoms with Gasteiger partial charge in [-0.15, -0.1) is 11.3 Å². The lowest BCUT2D eigenvalue weighted by Crippen LogP contribution is -2.27. The van der Waals surface area contributed by atoms with Crippen LogP contribution in [0.15, 0.2) is 70.5 Å². The second-order valence-electron chi connectivity index (χ2n) is 5.45. The number of thiophene rings is 1. The first-order valence-corrected chi connectivity index (χ1v) is 8.69. The van der Waals surface area contributed by atoms with Gasteiger partial charge in [0.25, 0.3) is 0 Å². The van der Waals surface area contributed by atoms with Crippen molar-refractivity contribution in [2.45, 2.75) is 6.54 Å². The predicted octanol–water partition coefficient (Wildman–Crippen LogP) is 4.88. The molecule has 0 radical (unpaired) electrons. The van der Waals surface area contributed by atoms with Crippen LogP contribution in [-0.4, -0.2) is 11.0 Å². The lowest BCUT2D eigenvalue weighted by molar-refractivity contribution is 0.252. The molecule has 5 nitrogen and oxygen atoms in total. The molecule has 0 aliphatic carbocycles. The fraction of sp³-hybridized carbons (Fsp3) is 0.0526. The van der Waals surface area contributed by atoms with Crippen LogP contribution in [0.3, 0.4) is 0 Å². The fourth-order valence-corrected chi connectivity index (χ4v) is 3.09. The molecule has 0 saturated heterocycles. The van der Waals surface area contributed by atoms with Crippen molar-refractivity contribution in [3.05, 3.63) is 70.9 Å². The van der Waals surface area contributed by atoms with E-state index in [2.05, 4.69) is 15.6 Å². The Balaban J connectivity index is 1.42. The Kier molecular flexibility index (Phi) is 4.18. The Morgan fingerprint density at radius 1 is 1.04 bits per heavy atom. The third-order valence-corrected chi connectivity index (χ3v) is 4.56. The number of para-hydroxylation sites is 2. The first kappa shape index (κ1) is 15.4. The largest absolute Gasteiger partial charge is 0.436 e. The Bertz CT molecular complexity index is 958. The number of carbonyl (C=O) groups excluding carboxylic acids is 1. The van der Waals surface area contributed by atoms with Crippen LogP contribution in [0.5, 0.6) is 0 Å². The smallest absolute Gasteiger partial charge is 0.319 e. The van der Waals surface area contributed by atoms with Crippen LogP contribution in [0.25, 0.3) is 22.6 Å². The predicted molar refractivity (Wildman–Crippen MR) is 99.6 cm³/mol. The molecule has 4 rings (SSSR count). The minimum atomic E-state index is -0.233. The average molecular weight is 349 g/mol. The third-order valence-electron chi connectivity index (χ3n) is 3.69. The fourth-order valence-electron chi connectivity index (χ4n) is 2.45. The molecular weight excluding hydrogens is 334 g/mol. The SMILES string of the molecule is O=C(NCc1cccs1)Nc1ccc(-c2nc3ccccc3o2)cc1. The molecule has 0 bridgehead atoms. The second-order valence-corrected chi connectivity index (χ2v) is 6.48. The summed E-state index contributed by atoms with van der Waals surface area (Å²) in [5, 5.41) is 7.63. The van der Waals surface area contributed by atoms with E-state index in [0.29, 0.717) is 18.1 Å². The molecule has 0 fully saturated rings. The minimum absolute atomic E-state index is 0.233. The summed E-state index contributed by atoms with van der Waals surface area (Å²) in [4.78, 5) is 17.5. The topological polar surface area (TPSA) is 67.2 Å². The Hall–Kier alpha value is -3.12. The van der Waals surface area contributed by atoms with Gasteiger partial charge in [-0.2, -0.15) is 0 Å². The number of amides is 2. The van der Waals surface area contributed by atoms with Crippen molar-refractivity contribution < 1.29 is 9.21 Å². The summed E-state index contributed by atoms with van der Waals surface area (Å²) in [6.07, 6.45) is 0. The number of benzene rings is 2. The van der Waals surface area contributed by atoms with Crippen LogP contribution in [0, 0.1) is 0 Å². The summed E-state index contributed by atoms with van der Waals surface area (Å²) in [6, 6.07) is 18.8. The van der Waals surface area contributed by atoms with Gasteiger partial charge >= 0.3 is 6.03 Å². The van der Waals surface area contributed by atoms with E-state index in [-0.39, 0.29) is 6.03 Å². The summed E-state index contributed by atoms with van der Waals surface area (Å²) in [5.41, 5.74) is 3.16. The monoisotopic (exact) mass is 349 g/mol. The number of urea groups is 1. The van der Waals surface area contributed by atoms with Gasteiger partial charge in [0.05, 0.1) is 6.54 Å². The van der Waals surface area contributed by atoms with Gasteiger partial charge in [0.2, 0.25) is 5.89 Å². The Morgan fingerprint density at radius 3 is 2.64 bits per heavy atom. The van der Waals surface area contributed by atoms with E-state index >= 15 is 0 Å². The molecule has 4 aromatic rings. The van der Waals surface area contributed by atoms with Gasteiger partial charge in [0.1, 0.15) is 5.52 Å². The van der Waals surface area contributed by atoms with Crippen LogP contribution in [0.2, 0.25) is 0 Å². The van der Waals surface area contributed by atoms with Crippen molar-refractivity contribution in [2.75, 3.05) is 5.32 Å². The first-order chi connectivity index (χ1) is 12.3. The van der Waals surface area contributed by atoms with Crippen molar-refractivity contribution in [3.63, 3.8) is 0 Å². The van der Waals surface area contributed by atoms with E-state index in [1.807, 2.05) is 66.0 Å². The number of rotatable bonds is 4. The number of anilines is 1. The summed E-state index contributed by atoms with van der Waals surface area (Å²) < 4.78 is 5.75. The molecule has 2 aromatic heterocycles. The zero-order valence-corrected chi connectivity index (χ0v) is 14.0. The Morgan fingerprint density at radius 2 is 1.88 bits per heavy atom. The quantitative estimate of drug-likeness (QED) is 0.552. The molecule has 0 aliphatic rings. The number of fused-ring (bicyclic) bond motifs is 1. The van der Waals surface area contributed by atoms with Gasteiger partial charge in [-0.3, -0.25) is 0 Å². The maximum Gasteiger partial charge on any atom is 0.319 e. The van der Waals surface area contributed by atoms with E-state index in [1.165, 1.54) is 0 Å². The summed E-state index contributed by atoms with van der Waals surface area (Å²) in [6.45, 7) is 0.518. The zero-order valence-electron chi connectivity index (χ0n) is 13.2. The highest BCUT2D eigenvalue weighted by Crippen LogP contribution is 2.25. The molecule has 25 heavy (non-hydrogen) atoms. The Labute approximate surface area is 148 Å². The second kappa shape index (κ2) is 6.78. The number of hydrogen-bond acceptors (Lipinski definition) is 4. The molecule has 2 heterocycles. The molecule has 2 aromatic carbocycles. The van der Waals surface area contributed by atoms with E-state index < -0.39 is 0 Å². The van der Waals surface area contributed by atoms with Gasteiger partial charge in [-0.05, 0) is 47.8 Å². The highest BCUT2D eigenvalue weighted by atomic mass is 32.1. The molecule has 0 spiro atoms. The van der Waals surface area contributed by atoms with E-state index in [4.69, 9.17) is 4.42 Å². The molecule has 0 unspecified atom stereocenters. The number of aromatic nitrogens is 1. The molecule has 6 heteroatoms. The van der Waals surface area contributed by atoms with Crippen LogP contribution in [0.4, 0.5) is 10.5 Å². The molecule has 2 N–H and O–H groups in total. The number of nitrogens with one attached hydrogen (secondary N) is 2. The number of carbonyl (C=O) groups is 1. The van der Waals surface area contributed by atoms with Crippen molar-refractivity contribution in [1.82, 2.24) is 10.3 Å². The van der Waals surface area contributed by atoms with Crippen molar-refractivity contribution >= 4 is 34.2 Å². The van der Waals surface area contributed by atoms with E-state index in [0.717, 1.165) is 21.5 Å². The summed E-state index contributed by atoms with van der Waals surface area (Å²) in [5.74, 6) is 0.565. The van der Waals surface area contributed by atoms with Gasteiger partial charge in [0.15, 0.2) is 5.58 Å². The van der Waals surface area contributed by atoms with Gasteiger partial charge in [-0.25, -0.2) is 9.78 Å². The van der Waals surface area contributed by atoms with Crippen LogP contribution < -0.4 is 10.6 Å². The highest BCUT2D eigenvalue weighted by molar-refractivity contribution is 7.09. The van der Waals surface area contributed by atoms with Gasteiger partial charge in [0, 0.05) is 16.1 Å². The van der Waals surface area contributed by atoms with Gasteiger partial charge < -0.3 is 15.1 Å². The maximum absolute atomic E-state index is 11.9. The normalized spacial score (nSPS) is 10.7. The molecule has 0 saturated carbocycles. The third kappa shape index (κ3) is 3.54. The first-order valence-electron chi connectivity index (χ1n) is 7.81. The zero-order chi connectivity index (χ0) is 17.1. The lowest BCUT2D eigenvalue weighted by Gasteiger charge is -2.07. The van der Waals surface area contributed by atoms with E-state index in [1.54, 1.807) is 11.3 Å². The van der Waals surface area contributed by atoms with Crippen LogP contribution in [-0.2, 0) is 6.54 Å². The van der Waals surface area contributed by atoms with Crippen molar-refractivity contribution in [1.29, 1.82) is 0 Å². The number of hydrogen-bond donors (Lipinski definition) is 2. The number of oxazole rings is 1. The lowest BCUT2D eigenvalue weighted by atomic mass is 10.2. The molecule has 0 atom stereocenters. The maximum atomic E-state index is 11.9. The highest BCUT2D eigenvalue weighted by Gasteiger charge is 2.08. The van der Waals surface area contributed by atoms with Crippen LogP contribution in [0.1, 0.15) is 4.88 Å². The molecule has 2 amide bonds.